The molecule has 1 aromatic carbocycles. The number of carbonyl (C=O) groups is 1. The Morgan fingerprint density at radius 2 is 2.09 bits per heavy atom. The number of ether oxygens (including phenoxy) is 1. The molecule has 2 unspecified atom stereocenters. The fraction of sp³-hybridized carbons (Fsp3) is 0.375. The van der Waals surface area contributed by atoms with Gasteiger partial charge < -0.3 is 24.8 Å². The van der Waals surface area contributed by atoms with Crippen molar-refractivity contribution in [2.75, 3.05) is 6.54 Å². The first-order chi connectivity index (χ1) is 11.1. The van der Waals surface area contributed by atoms with Gasteiger partial charge in [-0.25, -0.2) is 9.78 Å². The molecule has 3 N–H and O–H groups in total. The molecule has 23 heavy (non-hydrogen) atoms. The van der Waals surface area contributed by atoms with Crippen LogP contribution in [-0.4, -0.2) is 38.5 Å². The van der Waals surface area contributed by atoms with E-state index in [0.717, 1.165) is 5.56 Å². The van der Waals surface area contributed by atoms with Crippen LogP contribution in [-0.2, 0) is 18.4 Å². The molecule has 0 fully saturated rings. The van der Waals surface area contributed by atoms with Crippen molar-refractivity contribution in [2.45, 2.75) is 25.2 Å². The van der Waals surface area contributed by atoms with Gasteiger partial charge in [0.05, 0.1) is 6.10 Å². The molecule has 1 heterocycles. The summed E-state index contributed by atoms with van der Waals surface area (Å²) in [5.41, 5.74) is 0.896. The molecule has 124 valence electrons. The van der Waals surface area contributed by atoms with Crippen molar-refractivity contribution >= 4 is 6.09 Å². The largest absolute Gasteiger partial charge is 0.445 e. The van der Waals surface area contributed by atoms with Crippen molar-refractivity contribution in [3.05, 3.63) is 54.1 Å². The fourth-order valence-corrected chi connectivity index (χ4v) is 2.09. The molecule has 2 atom stereocenters. The third kappa shape index (κ3) is 5.08. The summed E-state index contributed by atoms with van der Waals surface area (Å²) >= 11 is 0. The van der Waals surface area contributed by atoms with Crippen LogP contribution < -0.4 is 5.32 Å². The number of rotatable bonds is 7. The highest BCUT2D eigenvalue weighted by atomic mass is 16.5. The minimum absolute atomic E-state index is 0.186. The molecular weight excluding hydrogens is 298 g/mol. The van der Waals surface area contributed by atoms with Gasteiger partial charge >= 0.3 is 6.09 Å². The molecule has 1 amide bonds. The van der Waals surface area contributed by atoms with E-state index in [1.807, 2.05) is 30.3 Å². The van der Waals surface area contributed by atoms with Crippen molar-refractivity contribution < 1.29 is 19.7 Å². The zero-order valence-corrected chi connectivity index (χ0v) is 12.9. The fourth-order valence-electron chi connectivity index (χ4n) is 2.09. The Kier molecular flexibility index (Phi) is 6.13. The van der Waals surface area contributed by atoms with Gasteiger partial charge in [-0.05, 0) is 12.0 Å². The maximum Gasteiger partial charge on any atom is 0.407 e. The third-order valence-corrected chi connectivity index (χ3v) is 3.41. The zero-order valence-electron chi connectivity index (χ0n) is 12.9. The van der Waals surface area contributed by atoms with Gasteiger partial charge in [0, 0.05) is 26.0 Å². The summed E-state index contributed by atoms with van der Waals surface area (Å²) in [5, 5.41) is 22.5. The van der Waals surface area contributed by atoms with Crippen molar-refractivity contribution in [1.29, 1.82) is 0 Å². The third-order valence-electron chi connectivity index (χ3n) is 3.41. The predicted octanol–water partition coefficient (Wildman–Crippen LogP) is 1.13. The summed E-state index contributed by atoms with van der Waals surface area (Å²) < 4.78 is 6.69. The van der Waals surface area contributed by atoms with E-state index in [0.29, 0.717) is 5.82 Å². The van der Waals surface area contributed by atoms with E-state index in [2.05, 4.69) is 10.3 Å². The van der Waals surface area contributed by atoms with E-state index in [-0.39, 0.29) is 19.6 Å². The lowest BCUT2D eigenvalue weighted by atomic mass is 10.1. The highest BCUT2D eigenvalue weighted by Gasteiger charge is 2.21. The number of aliphatic hydroxyl groups is 2. The van der Waals surface area contributed by atoms with Crippen LogP contribution in [0, 0.1) is 0 Å². The van der Waals surface area contributed by atoms with Gasteiger partial charge in [-0.3, -0.25) is 0 Å². The molecule has 0 radical (unpaired) electrons. The van der Waals surface area contributed by atoms with Gasteiger partial charge in [0.1, 0.15) is 18.5 Å². The second-order valence-corrected chi connectivity index (χ2v) is 5.19. The Balaban J connectivity index is 1.68. The maximum absolute atomic E-state index is 11.6. The van der Waals surface area contributed by atoms with Crippen molar-refractivity contribution in [3.8, 4) is 0 Å². The second-order valence-electron chi connectivity index (χ2n) is 5.19. The number of nitrogens with zero attached hydrogens (tertiary/aromatic N) is 2. The van der Waals surface area contributed by atoms with Crippen molar-refractivity contribution in [1.82, 2.24) is 14.9 Å². The summed E-state index contributed by atoms with van der Waals surface area (Å²) in [7, 11) is 1.73. The van der Waals surface area contributed by atoms with Crippen LogP contribution in [0.3, 0.4) is 0 Å². The standard InChI is InChI=1S/C16H21N3O4/c1-19-10-9-17-15(19)14(21)13(20)7-8-18-16(22)23-11-12-5-3-2-4-6-12/h2-6,9-10,13-14,20-21H,7-8,11H2,1H3,(H,18,22). The highest BCUT2D eigenvalue weighted by molar-refractivity contribution is 5.67. The molecule has 0 bridgehead atoms. The van der Waals surface area contributed by atoms with Crippen molar-refractivity contribution in [3.63, 3.8) is 0 Å². The van der Waals surface area contributed by atoms with Crippen LogP contribution >= 0.6 is 0 Å². The number of hydrogen-bond donors (Lipinski definition) is 3. The maximum atomic E-state index is 11.6. The summed E-state index contributed by atoms with van der Waals surface area (Å²) in [4.78, 5) is 15.5. The number of carbonyl (C=O) groups excluding carboxylic acids is 1. The Hall–Kier alpha value is -2.38. The van der Waals surface area contributed by atoms with Crippen LogP contribution in [0.15, 0.2) is 42.7 Å². The number of amides is 1. The molecule has 1 aromatic heterocycles. The minimum Gasteiger partial charge on any atom is -0.445 e. The molecule has 0 spiro atoms. The molecule has 0 aliphatic heterocycles. The Morgan fingerprint density at radius 3 is 2.74 bits per heavy atom. The van der Waals surface area contributed by atoms with Crippen LogP contribution in [0.25, 0.3) is 0 Å². The lowest BCUT2D eigenvalue weighted by Gasteiger charge is -2.17. The van der Waals surface area contributed by atoms with Crippen LogP contribution in [0.5, 0.6) is 0 Å². The monoisotopic (exact) mass is 319 g/mol. The molecule has 0 aliphatic rings. The Labute approximate surface area is 134 Å². The topological polar surface area (TPSA) is 96.6 Å². The average Bonchev–Trinajstić information content (AvgIpc) is 2.99. The molecule has 0 aliphatic carbocycles. The number of aromatic nitrogens is 2. The first-order valence-corrected chi connectivity index (χ1v) is 7.36. The minimum atomic E-state index is -1.10. The summed E-state index contributed by atoms with van der Waals surface area (Å²) in [6.07, 6.45) is 0.735. The van der Waals surface area contributed by atoms with Crippen molar-refractivity contribution in [2.24, 2.45) is 7.05 Å². The van der Waals surface area contributed by atoms with Crippen LogP contribution in [0.1, 0.15) is 23.9 Å². The molecule has 2 aromatic rings. The van der Waals surface area contributed by atoms with Gasteiger partial charge in [-0.2, -0.15) is 0 Å². The average molecular weight is 319 g/mol. The van der Waals surface area contributed by atoms with Gasteiger partial charge in [-0.1, -0.05) is 30.3 Å². The van der Waals surface area contributed by atoms with E-state index in [4.69, 9.17) is 4.74 Å². The first kappa shape index (κ1) is 17.0. The zero-order chi connectivity index (χ0) is 16.7. The number of benzene rings is 1. The van der Waals surface area contributed by atoms with Gasteiger partial charge in [0.2, 0.25) is 0 Å². The molecule has 7 heteroatoms. The summed E-state index contributed by atoms with van der Waals surface area (Å²) in [6.45, 7) is 0.376. The predicted molar refractivity (Wildman–Crippen MR) is 83.4 cm³/mol. The van der Waals surface area contributed by atoms with Gasteiger partial charge in [0.25, 0.3) is 0 Å². The lowest BCUT2D eigenvalue weighted by molar-refractivity contribution is 0.00696. The SMILES string of the molecule is Cn1ccnc1C(O)C(O)CCNC(=O)OCc1ccccc1. The van der Waals surface area contributed by atoms with E-state index in [1.165, 1.54) is 0 Å². The number of aliphatic hydroxyl groups excluding tert-OH is 2. The number of imidazole rings is 1. The number of aryl methyl sites for hydroxylation is 1. The van der Waals surface area contributed by atoms with Crippen LogP contribution in [0.4, 0.5) is 4.79 Å². The number of alkyl carbamates (subject to hydrolysis) is 1. The first-order valence-electron chi connectivity index (χ1n) is 7.36. The van der Waals surface area contributed by atoms with E-state index in [1.54, 1.807) is 24.0 Å². The Bertz CT molecular complexity index is 615. The van der Waals surface area contributed by atoms with Gasteiger partial charge in [-0.15, -0.1) is 0 Å². The molecular formula is C16H21N3O4. The molecule has 7 nitrogen and oxygen atoms in total. The normalized spacial score (nSPS) is 13.3. The quantitative estimate of drug-likeness (QED) is 0.711. The van der Waals surface area contributed by atoms with E-state index in [9.17, 15) is 15.0 Å². The summed E-state index contributed by atoms with van der Waals surface area (Å²) in [6, 6.07) is 9.34. The number of nitrogens with one attached hydrogen (secondary N) is 1. The molecule has 0 saturated carbocycles. The molecule has 0 saturated heterocycles. The Morgan fingerprint density at radius 1 is 1.35 bits per heavy atom. The second kappa shape index (κ2) is 8.30. The summed E-state index contributed by atoms with van der Waals surface area (Å²) in [5.74, 6) is 0.379. The molecule has 2 rings (SSSR count). The van der Waals surface area contributed by atoms with Gasteiger partial charge in [0.15, 0.2) is 0 Å². The lowest BCUT2D eigenvalue weighted by Crippen LogP contribution is -2.30. The number of hydrogen-bond acceptors (Lipinski definition) is 5. The van der Waals surface area contributed by atoms with E-state index >= 15 is 0 Å². The highest BCUT2D eigenvalue weighted by Crippen LogP contribution is 2.16. The smallest absolute Gasteiger partial charge is 0.407 e. The van der Waals surface area contributed by atoms with Crippen LogP contribution in [0.2, 0.25) is 0 Å². The van der Waals surface area contributed by atoms with E-state index < -0.39 is 18.3 Å².